The minimum Gasteiger partial charge on any atom is -0.296 e. The van der Waals surface area contributed by atoms with E-state index in [0.29, 0.717) is 0 Å². The van der Waals surface area contributed by atoms with Crippen molar-refractivity contribution in [3.05, 3.63) is 30.4 Å². The van der Waals surface area contributed by atoms with E-state index < -0.39 is 0 Å². The van der Waals surface area contributed by atoms with E-state index in [0.717, 1.165) is 41.0 Å². The average Bonchev–Trinajstić information content (AvgIpc) is 3.03. The van der Waals surface area contributed by atoms with E-state index >= 15 is 0 Å². The first-order valence-corrected chi connectivity index (χ1v) is 8.56. The van der Waals surface area contributed by atoms with E-state index in [-0.39, 0.29) is 0 Å². The van der Waals surface area contributed by atoms with Crippen molar-refractivity contribution < 1.29 is 0 Å². The minimum absolute atomic E-state index is 0.831. The number of hydrogen-bond acceptors (Lipinski definition) is 6. The van der Waals surface area contributed by atoms with Gasteiger partial charge in [0.25, 0.3) is 0 Å². The van der Waals surface area contributed by atoms with Crippen molar-refractivity contribution >= 4 is 16.3 Å². The summed E-state index contributed by atoms with van der Waals surface area (Å²) in [6.07, 6.45) is 8.84. The number of rotatable bonds is 3. The first-order chi connectivity index (χ1) is 10.9. The van der Waals surface area contributed by atoms with Gasteiger partial charge in [-0.05, 0) is 38.1 Å². The Labute approximate surface area is 132 Å². The van der Waals surface area contributed by atoms with Crippen molar-refractivity contribution in [3.8, 4) is 10.6 Å². The molecular weight excluding hydrogens is 296 g/mol. The highest BCUT2D eigenvalue weighted by molar-refractivity contribution is 7.19. The Morgan fingerprint density at radius 3 is 2.73 bits per heavy atom. The second kappa shape index (κ2) is 6.10. The van der Waals surface area contributed by atoms with E-state index in [1.807, 2.05) is 22.8 Å². The van der Waals surface area contributed by atoms with Crippen LogP contribution in [0.5, 0.6) is 0 Å². The summed E-state index contributed by atoms with van der Waals surface area (Å²) in [5, 5.41) is 14.2. The maximum atomic E-state index is 4.68. The molecule has 4 rings (SSSR count). The lowest BCUT2D eigenvalue weighted by molar-refractivity contribution is 0.268. The lowest BCUT2D eigenvalue weighted by Gasteiger charge is -2.17. The van der Waals surface area contributed by atoms with Crippen LogP contribution < -0.4 is 0 Å². The van der Waals surface area contributed by atoms with Gasteiger partial charge in [0.15, 0.2) is 5.82 Å². The predicted molar refractivity (Wildman–Crippen MR) is 85.6 cm³/mol. The zero-order valence-corrected chi connectivity index (χ0v) is 13.2. The SMILES string of the molecule is c1cncc(-c2nn3c(CN4CCCCCC4)nnc3s2)c1. The normalized spacial score (nSPS) is 16.9. The second-order valence-corrected chi connectivity index (χ2v) is 6.61. The maximum absolute atomic E-state index is 4.68. The van der Waals surface area contributed by atoms with Gasteiger partial charge >= 0.3 is 0 Å². The van der Waals surface area contributed by atoms with E-state index in [4.69, 9.17) is 0 Å². The Balaban J connectivity index is 1.60. The Bertz CT molecular complexity index is 742. The van der Waals surface area contributed by atoms with Crippen LogP contribution in [-0.4, -0.2) is 42.8 Å². The van der Waals surface area contributed by atoms with Gasteiger partial charge in [-0.2, -0.15) is 9.61 Å². The highest BCUT2D eigenvalue weighted by Crippen LogP contribution is 2.25. The van der Waals surface area contributed by atoms with Crippen LogP contribution in [-0.2, 0) is 6.54 Å². The summed E-state index contributed by atoms with van der Waals surface area (Å²) in [6, 6.07) is 3.95. The van der Waals surface area contributed by atoms with Crippen LogP contribution in [0.25, 0.3) is 15.5 Å². The van der Waals surface area contributed by atoms with Crippen LogP contribution in [0.1, 0.15) is 31.5 Å². The van der Waals surface area contributed by atoms with E-state index in [1.165, 1.54) is 25.7 Å². The smallest absolute Gasteiger partial charge is 0.235 e. The Morgan fingerprint density at radius 2 is 1.95 bits per heavy atom. The molecule has 1 aliphatic heterocycles. The first-order valence-electron chi connectivity index (χ1n) is 7.74. The zero-order valence-electron chi connectivity index (χ0n) is 12.4. The fourth-order valence-corrected chi connectivity index (χ4v) is 3.70. The third-order valence-corrected chi connectivity index (χ3v) is 4.98. The Kier molecular flexibility index (Phi) is 3.82. The topological polar surface area (TPSA) is 59.2 Å². The predicted octanol–water partition coefficient (Wildman–Crippen LogP) is 2.62. The molecule has 0 spiro atoms. The number of hydrogen-bond donors (Lipinski definition) is 0. The second-order valence-electron chi connectivity index (χ2n) is 5.65. The minimum atomic E-state index is 0.831. The average molecular weight is 314 g/mol. The molecule has 0 unspecified atom stereocenters. The van der Waals surface area contributed by atoms with Gasteiger partial charge in [0.2, 0.25) is 4.96 Å². The van der Waals surface area contributed by atoms with Gasteiger partial charge in [-0.15, -0.1) is 10.2 Å². The van der Waals surface area contributed by atoms with E-state index in [2.05, 4.69) is 25.2 Å². The summed E-state index contributed by atoms with van der Waals surface area (Å²) in [5.74, 6) is 0.934. The highest BCUT2D eigenvalue weighted by Gasteiger charge is 2.16. The van der Waals surface area contributed by atoms with Gasteiger partial charge < -0.3 is 0 Å². The molecule has 0 saturated carbocycles. The molecule has 4 heterocycles. The molecule has 7 heteroatoms. The lowest BCUT2D eigenvalue weighted by atomic mass is 10.2. The molecule has 0 aliphatic carbocycles. The van der Waals surface area contributed by atoms with Crippen molar-refractivity contribution in [1.29, 1.82) is 0 Å². The molecule has 22 heavy (non-hydrogen) atoms. The molecule has 3 aromatic heterocycles. The summed E-state index contributed by atoms with van der Waals surface area (Å²) < 4.78 is 1.89. The summed E-state index contributed by atoms with van der Waals surface area (Å²) >= 11 is 1.56. The highest BCUT2D eigenvalue weighted by atomic mass is 32.1. The molecule has 1 aliphatic rings. The standard InChI is InChI=1S/C15H18N6S/c1-2-4-9-20(8-3-1)11-13-17-18-15-21(13)19-14(22-15)12-6-5-7-16-10-12/h5-7,10H,1-4,8-9,11H2. The van der Waals surface area contributed by atoms with Gasteiger partial charge in [0.1, 0.15) is 5.01 Å². The van der Waals surface area contributed by atoms with Crippen molar-refractivity contribution in [2.45, 2.75) is 32.2 Å². The Morgan fingerprint density at radius 1 is 1.09 bits per heavy atom. The fourth-order valence-electron chi connectivity index (χ4n) is 2.86. The number of likely N-dealkylation sites (tertiary alicyclic amines) is 1. The number of pyridine rings is 1. The summed E-state index contributed by atoms with van der Waals surface area (Å²) in [5.41, 5.74) is 1.03. The molecule has 6 nitrogen and oxygen atoms in total. The Hall–Kier alpha value is -1.86. The van der Waals surface area contributed by atoms with Gasteiger partial charge in [-0.1, -0.05) is 24.2 Å². The van der Waals surface area contributed by atoms with Crippen LogP contribution in [0.15, 0.2) is 24.5 Å². The third kappa shape index (κ3) is 2.74. The van der Waals surface area contributed by atoms with Crippen molar-refractivity contribution in [2.75, 3.05) is 13.1 Å². The van der Waals surface area contributed by atoms with Gasteiger partial charge in [0.05, 0.1) is 6.54 Å². The van der Waals surface area contributed by atoms with Crippen LogP contribution >= 0.6 is 11.3 Å². The summed E-state index contributed by atoms with van der Waals surface area (Å²) in [6.45, 7) is 3.13. The van der Waals surface area contributed by atoms with Crippen LogP contribution in [0.2, 0.25) is 0 Å². The van der Waals surface area contributed by atoms with Crippen LogP contribution in [0.4, 0.5) is 0 Å². The summed E-state index contributed by atoms with van der Waals surface area (Å²) in [7, 11) is 0. The zero-order chi connectivity index (χ0) is 14.8. The van der Waals surface area contributed by atoms with Crippen molar-refractivity contribution in [3.63, 3.8) is 0 Å². The van der Waals surface area contributed by atoms with Gasteiger partial charge in [-0.3, -0.25) is 9.88 Å². The van der Waals surface area contributed by atoms with Crippen molar-refractivity contribution in [2.24, 2.45) is 0 Å². The maximum Gasteiger partial charge on any atom is 0.235 e. The van der Waals surface area contributed by atoms with E-state index in [1.54, 1.807) is 17.5 Å². The molecule has 0 bridgehead atoms. The quantitative estimate of drug-likeness (QED) is 0.744. The molecule has 0 radical (unpaired) electrons. The van der Waals surface area contributed by atoms with Crippen LogP contribution in [0, 0.1) is 0 Å². The van der Waals surface area contributed by atoms with Gasteiger partial charge in [0, 0.05) is 18.0 Å². The van der Waals surface area contributed by atoms with Crippen LogP contribution in [0.3, 0.4) is 0 Å². The molecule has 0 aromatic carbocycles. The number of fused-ring (bicyclic) bond motifs is 1. The monoisotopic (exact) mass is 314 g/mol. The number of nitrogens with zero attached hydrogens (tertiary/aromatic N) is 6. The lowest BCUT2D eigenvalue weighted by Crippen LogP contribution is -2.25. The largest absolute Gasteiger partial charge is 0.296 e. The molecule has 0 atom stereocenters. The number of aromatic nitrogens is 5. The molecule has 0 amide bonds. The molecule has 1 saturated heterocycles. The molecule has 114 valence electrons. The molecule has 1 fully saturated rings. The third-order valence-electron chi connectivity index (χ3n) is 4.03. The first kappa shape index (κ1) is 13.8. The van der Waals surface area contributed by atoms with Crippen molar-refractivity contribution in [1.82, 2.24) is 29.7 Å². The fraction of sp³-hybridized carbons (Fsp3) is 0.467. The van der Waals surface area contributed by atoms with E-state index in [9.17, 15) is 0 Å². The molecule has 0 N–H and O–H groups in total. The molecular formula is C15H18N6S. The molecule has 3 aromatic rings. The van der Waals surface area contributed by atoms with Gasteiger partial charge in [-0.25, -0.2) is 0 Å². The summed E-state index contributed by atoms with van der Waals surface area (Å²) in [4.78, 5) is 7.47.